The largest absolute Gasteiger partial charge is 0.327 e. The molecular formula is C16H13N3S. The first-order valence-electron chi connectivity index (χ1n) is 6.38. The molecule has 0 fully saturated rings. The minimum atomic E-state index is 0.369. The van der Waals surface area contributed by atoms with Crippen LogP contribution in [0.3, 0.4) is 0 Å². The Morgan fingerprint density at radius 1 is 0.850 bits per heavy atom. The van der Waals surface area contributed by atoms with Crippen molar-refractivity contribution in [3.05, 3.63) is 76.8 Å². The summed E-state index contributed by atoms with van der Waals surface area (Å²) in [6.45, 7) is 0. The Hall–Kier alpha value is -2.33. The van der Waals surface area contributed by atoms with E-state index in [4.69, 9.17) is 12.2 Å². The number of aromatic nitrogens is 3. The van der Waals surface area contributed by atoms with Crippen LogP contribution in [0.25, 0.3) is 11.4 Å². The minimum Gasteiger partial charge on any atom is -0.327 e. The fourth-order valence-corrected chi connectivity index (χ4v) is 2.24. The van der Waals surface area contributed by atoms with Gasteiger partial charge in [0.1, 0.15) is 11.6 Å². The molecule has 0 spiro atoms. The van der Waals surface area contributed by atoms with Gasteiger partial charge in [0.25, 0.3) is 0 Å². The normalized spacial score (nSPS) is 10.4. The Morgan fingerprint density at radius 3 is 2.20 bits per heavy atom. The van der Waals surface area contributed by atoms with Crippen molar-refractivity contribution in [1.29, 1.82) is 0 Å². The lowest BCUT2D eigenvalue weighted by atomic mass is 10.1. The number of aromatic amines is 1. The summed E-state index contributed by atoms with van der Waals surface area (Å²) in [7, 11) is 0. The van der Waals surface area contributed by atoms with Crippen molar-refractivity contribution in [3.63, 3.8) is 0 Å². The van der Waals surface area contributed by atoms with Gasteiger partial charge >= 0.3 is 0 Å². The van der Waals surface area contributed by atoms with Crippen molar-refractivity contribution in [2.75, 3.05) is 0 Å². The molecule has 0 unspecified atom stereocenters. The summed E-state index contributed by atoms with van der Waals surface area (Å²) in [5.74, 6) is 1.59. The van der Waals surface area contributed by atoms with E-state index in [0.29, 0.717) is 11.2 Å². The summed E-state index contributed by atoms with van der Waals surface area (Å²) in [5.41, 5.74) is 2.20. The van der Waals surface area contributed by atoms with Gasteiger partial charge in [-0.3, -0.25) is 0 Å². The topological polar surface area (TPSA) is 41.6 Å². The SMILES string of the molecule is S=c1nc(Cc2ccccc2)[nH]c(-c2ccccc2)n1. The molecule has 3 rings (SSSR count). The van der Waals surface area contributed by atoms with Crippen molar-refractivity contribution >= 4 is 12.2 Å². The van der Waals surface area contributed by atoms with Gasteiger partial charge in [-0.15, -0.1) is 0 Å². The van der Waals surface area contributed by atoms with Crippen LogP contribution in [0.5, 0.6) is 0 Å². The predicted octanol–water partition coefficient (Wildman–Crippen LogP) is 3.79. The highest BCUT2D eigenvalue weighted by molar-refractivity contribution is 7.71. The first-order chi connectivity index (χ1) is 9.81. The van der Waals surface area contributed by atoms with Crippen LogP contribution in [-0.4, -0.2) is 15.0 Å². The zero-order valence-electron chi connectivity index (χ0n) is 10.8. The maximum atomic E-state index is 5.16. The summed E-state index contributed by atoms with van der Waals surface area (Å²) in [6, 6.07) is 20.1. The van der Waals surface area contributed by atoms with E-state index in [1.165, 1.54) is 5.56 Å². The molecule has 3 nitrogen and oxygen atoms in total. The molecule has 20 heavy (non-hydrogen) atoms. The molecule has 3 aromatic rings. The average molecular weight is 279 g/mol. The van der Waals surface area contributed by atoms with Crippen molar-refractivity contribution in [2.45, 2.75) is 6.42 Å². The van der Waals surface area contributed by atoms with Crippen molar-refractivity contribution in [2.24, 2.45) is 0 Å². The lowest BCUT2D eigenvalue weighted by Gasteiger charge is -2.05. The Kier molecular flexibility index (Phi) is 3.65. The van der Waals surface area contributed by atoms with Gasteiger partial charge in [0.15, 0.2) is 0 Å². The number of hydrogen-bond acceptors (Lipinski definition) is 3. The minimum absolute atomic E-state index is 0.369. The fourth-order valence-electron chi connectivity index (χ4n) is 2.03. The van der Waals surface area contributed by atoms with Gasteiger partial charge in [-0.1, -0.05) is 60.7 Å². The number of hydrogen-bond donors (Lipinski definition) is 1. The summed E-state index contributed by atoms with van der Waals surface area (Å²) in [5, 5.41) is 0. The highest BCUT2D eigenvalue weighted by atomic mass is 32.1. The number of benzene rings is 2. The summed E-state index contributed by atoms with van der Waals surface area (Å²) in [6.07, 6.45) is 0.715. The van der Waals surface area contributed by atoms with Crippen molar-refractivity contribution < 1.29 is 0 Å². The van der Waals surface area contributed by atoms with Crippen LogP contribution in [0.1, 0.15) is 11.4 Å². The maximum Gasteiger partial charge on any atom is 0.222 e. The van der Waals surface area contributed by atoms with Crippen LogP contribution in [0.15, 0.2) is 60.7 Å². The van der Waals surface area contributed by atoms with Gasteiger partial charge in [-0.25, -0.2) is 9.97 Å². The van der Waals surface area contributed by atoms with E-state index in [9.17, 15) is 0 Å². The van der Waals surface area contributed by atoms with Crippen molar-refractivity contribution in [1.82, 2.24) is 15.0 Å². The highest BCUT2D eigenvalue weighted by Crippen LogP contribution is 2.14. The fraction of sp³-hybridized carbons (Fsp3) is 0.0625. The number of rotatable bonds is 3. The third-order valence-corrected chi connectivity index (χ3v) is 3.14. The highest BCUT2D eigenvalue weighted by Gasteiger charge is 2.04. The Labute approximate surface area is 122 Å². The van der Waals surface area contributed by atoms with Crippen molar-refractivity contribution in [3.8, 4) is 11.4 Å². The van der Waals surface area contributed by atoms with Gasteiger partial charge in [-0.2, -0.15) is 0 Å². The second kappa shape index (κ2) is 5.75. The second-order valence-corrected chi connectivity index (χ2v) is 4.82. The molecule has 0 aliphatic rings. The van der Waals surface area contributed by atoms with E-state index in [2.05, 4.69) is 27.1 Å². The molecule has 98 valence electrons. The molecule has 1 aromatic heterocycles. The first kappa shape index (κ1) is 12.7. The van der Waals surface area contributed by atoms with Gasteiger partial charge in [0, 0.05) is 12.0 Å². The zero-order chi connectivity index (χ0) is 13.8. The third kappa shape index (κ3) is 2.97. The average Bonchev–Trinajstić information content (AvgIpc) is 2.49. The predicted molar refractivity (Wildman–Crippen MR) is 81.9 cm³/mol. The van der Waals surface area contributed by atoms with Crippen LogP contribution >= 0.6 is 12.2 Å². The molecular weight excluding hydrogens is 266 g/mol. The number of H-pyrrole nitrogens is 1. The molecule has 0 amide bonds. The molecule has 0 bridgehead atoms. The van der Waals surface area contributed by atoms with E-state index in [1.54, 1.807) is 0 Å². The Bertz CT molecular complexity index is 751. The molecule has 1 N–H and O–H groups in total. The van der Waals surface area contributed by atoms with E-state index < -0.39 is 0 Å². The lowest BCUT2D eigenvalue weighted by molar-refractivity contribution is 0.913. The van der Waals surface area contributed by atoms with Crippen LogP contribution in [-0.2, 0) is 6.42 Å². The molecule has 0 saturated carbocycles. The van der Waals surface area contributed by atoms with E-state index in [1.807, 2.05) is 48.5 Å². The molecule has 0 atom stereocenters. The third-order valence-electron chi connectivity index (χ3n) is 2.96. The van der Waals surface area contributed by atoms with Gasteiger partial charge < -0.3 is 4.98 Å². The molecule has 0 aliphatic heterocycles. The van der Waals surface area contributed by atoms with E-state index in [0.717, 1.165) is 17.2 Å². The first-order valence-corrected chi connectivity index (χ1v) is 6.79. The van der Waals surface area contributed by atoms with Gasteiger partial charge in [0.2, 0.25) is 4.77 Å². The monoisotopic (exact) mass is 279 g/mol. The molecule has 2 aromatic carbocycles. The summed E-state index contributed by atoms with van der Waals surface area (Å²) in [4.78, 5) is 11.9. The van der Waals surface area contributed by atoms with Gasteiger partial charge in [0.05, 0.1) is 0 Å². The summed E-state index contributed by atoms with van der Waals surface area (Å²) < 4.78 is 0.369. The molecule has 0 radical (unpaired) electrons. The van der Waals surface area contributed by atoms with Crippen LogP contribution < -0.4 is 0 Å². The molecule has 0 aliphatic carbocycles. The standard InChI is InChI=1S/C16H13N3S/c20-16-18-14(11-12-7-3-1-4-8-12)17-15(19-16)13-9-5-2-6-10-13/h1-10H,11H2,(H,17,18,19,20). The van der Waals surface area contributed by atoms with Crippen LogP contribution in [0, 0.1) is 4.77 Å². The summed E-state index contributed by atoms with van der Waals surface area (Å²) >= 11 is 5.16. The zero-order valence-corrected chi connectivity index (χ0v) is 11.6. The maximum absolute atomic E-state index is 5.16. The van der Waals surface area contributed by atoms with E-state index >= 15 is 0 Å². The number of nitrogens with zero attached hydrogens (tertiary/aromatic N) is 2. The lowest BCUT2D eigenvalue weighted by Crippen LogP contribution is -2.01. The van der Waals surface area contributed by atoms with Gasteiger partial charge in [-0.05, 0) is 17.8 Å². The van der Waals surface area contributed by atoms with Crippen LogP contribution in [0.2, 0.25) is 0 Å². The molecule has 0 saturated heterocycles. The van der Waals surface area contributed by atoms with Crippen LogP contribution in [0.4, 0.5) is 0 Å². The second-order valence-electron chi connectivity index (χ2n) is 4.45. The smallest absolute Gasteiger partial charge is 0.222 e. The Balaban J connectivity index is 1.97. The number of nitrogens with one attached hydrogen (secondary N) is 1. The molecule has 1 heterocycles. The van der Waals surface area contributed by atoms with E-state index in [-0.39, 0.29) is 0 Å². The quantitative estimate of drug-likeness (QED) is 0.742. The Morgan fingerprint density at radius 2 is 1.50 bits per heavy atom. The molecule has 4 heteroatoms.